The van der Waals surface area contributed by atoms with Crippen LogP contribution in [0.4, 0.5) is 5.82 Å². The van der Waals surface area contributed by atoms with Gasteiger partial charge in [0.05, 0.1) is 5.56 Å². The second-order valence-corrected chi connectivity index (χ2v) is 5.59. The largest absolute Gasteiger partial charge is 0.365 e. The van der Waals surface area contributed by atoms with Crippen LogP contribution >= 0.6 is 0 Å². The van der Waals surface area contributed by atoms with Gasteiger partial charge in [-0.3, -0.25) is 4.79 Å². The van der Waals surface area contributed by atoms with Crippen molar-refractivity contribution >= 4 is 12.0 Å². The summed E-state index contributed by atoms with van der Waals surface area (Å²) < 4.78 is 0. The van der Waals surface area contributed by atoms with Crippen molar-refractivity contribution in [2.24, 2.45) is 0 Å². The number of anilines is 1. The molecular formula is C12H19N5O. The molecule has 0 aliphatic carbocycles. The van der Waals surface area contributed by atoms with Crippen molar-refractivity contribution in [2.75, 3.05) is 18.4 Å². The first kappa shape index (κ1) is 12.8. The molecule has 0 amide bonds. The smallest absolute Gasteiger partial charge is 0.261 e. The molecule has 0 atom stereocenters. The minimum Gasteiger partial charge on any atom is -0.365 e. The Morgan fingerprint density at radius 1 is 1.44 bits per heavy atom. The first-order valence-corrected chi connectivity index (χ1v) is 6.04. The molecule has 6 nitrogen and oxygen atoms in total. The summed E-state index contributed by atoms with van der Waals surface area (Å²) in [5, 5.41) is 13.7. The van der Waals surface area contributed by atoms with Gasteiger partial charge in [-0.1, -0.05) is 0 Å². The summed E-state index contributed by atoms with van der Waals surface area (Å²) in [6.45, 7) is 7.65. The Hall–Kier alpha value is -1.69. The summed E-state index contributed by atoms with van der Waals surface area (Å²) in [7, 11) is 0. The minimum atomic E-state index is -0.256. The summed E-state index contributed by atoms with van der Waals surface area (Å²) in [6, 6.07) is 0. The van der Waals surface area contributed by atoms with E-state index in [4.69, 9.17) is 5.41 Å². The van der Waals surface area contributed by atoms with E-state index >= 15 is 0 Å². The number of aromatic nitrogens is 2. The first-order chi connectivity index (χ1) is 8.40. The van der Waals surface area contributed by atoms with Crippen molar-refractivity contribution in [1.29, 1.82) is 5.41 Å². The van der Waals surface area contributed by atoms with Gasteiger partial charge in [-0.2, -0.15) is 0 Å². The number of nitrogens with zero attached hydrogens (tertiary/aromatic N) is 1. The third-order valence-electron chi connectivity index (χ3n) is 2.78. The van der Waals surface area contributed by atoms with Crippen molar-refractivity contribution in [2.45, 2.75) is 32.2 Å². The number of rotatable bonds is 3. The average molecular weight is 249 g/mol. The maximum Gasteiger partial charge on any atom is 0.261 e. The summed E-state index contributed by atoms with van der Waals surface area (Å²) in [5.74, 6) is 1.44. The summed E-state index contributed by atoms with van der Waals surface area (Å²) in [6.07, 6.45) is 1.04. The molecule has 2 heterocycles. The fraction of sp³-hybridized carbons (Fsp3) is 0.583. The zero-order valence-corrected chi connectivity index (χ0v) is 10.9. The lowest BCUT2D eigenvalue weighted by molar-refractivity contribution is 0.429. The zero-order chi connectivity index (χ0) is 13.3. The molecule has 1 saturated heterocycles. The van der Waals surface area contributed by atoms with Gasteiger partial charge in [-0.25, -0.2) is 4.98 Å². The molecule has 4 N–H and O–H groups in total. The highest BCUT2D eigenvalue weighted by Gasteiger charge is 2.24. The normalized spacial score (nSPS) is 16.2. The third-order valence-corrected chi connectivity index (χ3v) is 2.78. The molecule has 1 aliphatic rings. The number of hydrogen-bond acceptors (Lipinski definition) is 5. The molecule has 2 rings (SSSR count). The number of nitrogens with one attached hydrogen (secondary N) is 4. The van der Waals surface area contributed by atoms with E-state index in [-0.39, 0.29) is 22.6 Å². The molecular weight excluding hydrogens is 230 g/mol. The van der Waals surface area contributed by atoms with Crippen LogP contribution in [-0.4, -0.2) is 34.8 Å². The number of hydrogen-bond donors (Lipinski definition) is 4. The fourth-order valence-electron chi connectivity index (χ4n) is 1.76. The molecule has 0 radical (unpaired) electrons. The third kappa shape index (κ3) is 2.59. The van der Waals surface area contributed by atoms with Gasteiger partial charge >= 0.3 is 0 Å². The van der Waals surface area contributed by atoms with E-state index in [0.29, 0.717) is 11.6 Å². The van der Waals surface area contributed by atoms with Gasteiger partial charge in [-0.05, 0) is 20.8 Å². The van der Waals surface area contributed by atoms with E-state index in [9.17, 15) is 4.79 Å². The SMILES string of the molecule is CC(C)(C)Nc1nc(C2CNC2)[nH]c(=O)c1C=N. The van der Waals surface area contributed by atoms with Crippen molar-refractivity contribution < 1.29 is 0 Å². The lowest BCUT2D eigenvalue weighted by atomic mass is 10.0. The highest BCUT2D eigenvalue weighted by molar-refractivity contribution is 5.83. The first-order valence-electron chi connectivity index (χ1n) is 6.04. The predicted molar refractivity (Wildman–Crippen MR) is 71.7 cm³/mol. The van der Waals surface area contributed by atoms with Crippen molar-refractivity contribution in [3.63, 3.8) is 0 Å². The van der Waals surface area contributed by atoms with E-state index in [2.05, 4.69) is 20.6 Å². The van der Waals surface area contributed by atoms with Crippen molar-refractivity contribution in [3.05, 3.63) is 21.7 Å². The van der Waals surface area contributed by atoms with Crippen LogP contribution in [0.25, 0.3) is 0 Å². The van der Waals surface area contributed by atoms with Crippen LogP contribution in [0, 0.1) is 5.41 Å². The molecule has 6 heteroatoms. The molecule has 18 heavy (non-hydrogen) atoms. The van der Waals surface area contributed by atoms with E-state index in [1.165, 1.54) is 0 Å². The highest BCUT2D eigenvalue weighted by Crippen LogP contribution is 2.19. The van der Waals surface area contributed by atoms with Crippen LogP contribution < -0.4 is 16.2 Å². The Morgan fingerprint density at radius 3 is 2.56 bits per heavy atom. The Balaban J connectivity index is 2.43. The minimum absolute atomic E-state index is 0.201. The molecule has 0 saturated carbocycles. The van der Waals surface area contributed by atoms with Crippen LogP contribution in [0.15, 0.2) is 4.79 Å². The van der Waals surface area contributed by atoms with Gasteiger partial charge in [0, 0.05) is 30.8 Å². The number of H-pyrrole nitrogens is 1. The molecule has 1 aliphatic heterocycles. The van der Waals surface area contributed by atoms with Crippen molar-refractivity contribution in [1.82, 2.24) is 15.3 Å². The van der Waals surface area contributed by atoms with Crippen molar-refractivity contribution in [3.8, 4) is 0 Å². The quantitative estimate of drug-likeness (QED) is 0.592. The summed E-state index contributed by atoms with van der Waals surface area (Å²) in [4.78, 5) is 19.1. The van der Waals surface area contributed by atoms with E-state index in [0.717, 1.165) is 19.3 Å². The topological polar surface area (TPSA) is 93.7 Å². The zero-order valence-electron chi connectivity index (χ0n) is 10.9. The van der Waals surface area contributed by atoms with Gasteiger partial charge in [0.25, 0.3) is 5.56 Å². The monoisotopic (exact) mass is 249 g/mol. The second-order valence-electron chi connectivity index (χ2n) is 5.59. The summed E-state index contributed by atoms with van der Waals surface area (Å²) >= 11 is 0. The maximum atomic E-state index is 11.9. The Morgan fingerprint density at radius 2 is 2.11 bits per heavy atom. The molecule has 1 aromatic heterocycles. The Kier molecular flexibility index (Phi) is 3.21. The fourth-order valence-corrected chi connectivity index (χ4v) is 1.76. The van der Waals surface area contributed by atoms with Gasteiger partial charge in [0.1, 0.15) is 11.6 Å². The Labute approximate surface area is 106 Å². The lowest BCUT2D eigenvalue weighted by Gasteiger charge is -2.28. The van der Waals surface area contributed by atoms with Crippen LogP contribution in [0.1, 0.15) is 38.1 Å². The van der Waals surface area contributed by atoms with Gasteiger partial charge < -0.3 is 21.0 Å². The molecule has 1 aromatic rings. The molecule has 98 valence electrons. The standard InChI is InChI=1S/C12H19N5O/c1-12(2,3)17-10-8(4-13)11(18)16-9(15-10)7-5-14-6-7/h4,7,13-14H,5-6H2,1-3H3,(H2,15,16,17,18). The lowest BCUT2D eigenvalue weighted by Crippen LogP contribution is -2.42. The van der Waals surface area contributed by atoms with Crippen LogP contribution in [0.3, 0.4) is 0 Å². The van der Waals surface area contributed by atoms with Gasteiger partial charge in [0.15, 0.2) is 0 Å². The molecule has 1 fully saturated rings. The van der Waals surface area contributed by atoms with E-state index in [1.807, 2.05) is 20.8 Å². The van der Waals surface area contributed by atoms with Gasteiger partial charge in [0.2, 0.25) is 0 Å². The van der Waals surface area contributed by atoms with E-state index in [1.54, 1.807) is 0 Å². The van der Waals surface area contributed by atoms with Gasteiger partial charge in [-0.15, -0.1) is 0 Å². The molecule has 0 unspecified atom stereocenters. The molecule has 0 bridgehead atoms. The molecule has 0 aromatic carbocycles. The molecule has 0 spiro atoms. The Bertz CT molecular complexity index is 510. The maximum absolute atomic E-state index is 11.9. The van der Waals surface area contributed by atoms with E-state index < -0.39 is 0 Å². The predicted octanol–water partition coefficient (Wildman–Crippen LogP) is 0.665. The van der Waals surface area contributed by atoms with Crippen LogP contribution in [-0.2, 0) is 0 Å². The second kappa shape index (κ2) is 4.53. The van der Waals surface area contributed by atoms with Crippen LogP contribution in [0.2, 0.25) is 0 Å². The highest BCUT2D eigenvalue weighted by atomic mass is 16.1. The van der Waals surface area contributed by atoms with Crippen LogP contribution in [0.5, 0.6) is 0 Å². The summed E-state index contributed by atoms with van der Waals surface area (Å²) in [5.41, 5.74) is -0.178. The number of aromatic amines is 1. The average Bonchev–Trinajstić information content (AvgIpc) is 2.11.